The van der Waals surface area contributed by atoms with E-state index in [1.807, 2.05) is 43.3 Å². The number of benzene rings is 2. The minimum absolute atomic E-state index is 0.118. The third kappa shape index (κ3) is 5.12. The van der Waals surface area contributed by atoms with Gasteiger partial charge in [0, 0.05) is 18.7 Å². The van der Waals surface area contributed by atoms with Crippen LogP contribution in [0.2, 0.25) is 0 Å². The van der Waals surface area contributed by atoms with Gasteiger partial charge in [-0.15, -0.1) is 0 Å². The first-order chi connectivity index (χ1) is 12.8. The van der Waals surface area contributed by atoms with Crippen molar-refractivity contribution in [3.8, 4) is 17.2 Å². The van der Waals surface area contributed by atoms with Crippen molar-refractivity contribution in [3.63, 3.8) is 0 Å². The Morgan fingerprint density at radius 3 is 2.07 bits per heavy atom. The van der Waals surface area contributed by atoms with Crippen molar-refractivity contribution in [2.45, 2.75) is 10.9 Å². The van der Waals surface area contributed by atoms with Crippen LogP contribution in [-0.2, 0) is 10.0 Å². The van der Waals surface area contributed by atoms with Crippen LogP contribution in [-0.4, -0.2) is 55.3 Å². The number of methoxy groups -OCH3 is 3. The molecular weight excluding hydrogens is 368 g/mol. The maximum absolute atomic E-state index is 12.7. The first-order valence-corrected chi connectivity index (χ1v) is 9.82. The smallest absolute Gasteiger partial charge is 0.240 e. The molecule has 0 radical (unpaired) electrons. The van der Waals surface area contributed by atoms with Gasteiger partial charge in [-0.3, -0.25) is 0 Å². The first-order valence-electron chi connectivity index (χ1n) is 8.34. The molecular formula is C19H26N2O5S. The molecule has 7 nitrogen and oxygen atoms in total. The summed E-state index contributed by atoms with van der Waals surface area (Å²) in [5, 5.41) is 0. The van der Waals surface area contributed by atoms with E-state index < -0.39 is 10.0 Å². The fraction of sp³-hybridized carbons (Fsp3) is 0.368. The van der Waals surface area contributed by atoms with E-state index in [2.05, 4.69) is 4.72 Å². The molecule has 0 amide bonds. The first kappa shape index (κ1) is 21.0. The average molecular weight is 394 g/mol. The second-order valence-corrected chi connectivity index (χ2v) is 7.89. The van der Waals surface area contributed by atoms with Gasteiger partial charge in [-0.25, -0.2) is 13.1 Å². The van der Waals surface area contributed by atoms with E-state index in [1.165, 1.54) is 26.4 Å². The van der Waals surface area contributed by atoms with Crippen molar-refractivity contribution in [2.24, 2.45) is 0 Å². The van der Waals surface area contributed by atoms with Crippen molar-refractivity contribution in [3.05, 3.63) is 48.0 Å². The summed E-state index contributed by atoms with van der Waals surface area (Å²) in [5.41, 5.74) is 0.982. The number of hydrogen-bond acceptors (Lipinski definition) is 6. The molecule has 0 saturated heterocycles. The molecule has 1 N–H and O–H groups in total. The summed E-state index contributed by atoms with van der Waals surface area (Å²) in [6.07, 6.45) is 0. The number of nitrogens with zero attached hydrogens (tertiary/aromatic N) is 1. The number of nitrogens with one attached hydrogen (secondary N) is 1. The number of rotatable bonds is 9. The van der Waals surface area contributed by atoms with E-state index in [-0.39, 0.29) is 17.5 Å². The Morgan fingerprint density at radius 2 is 1.56 bits per heavy atom. The molecule has 2 rings (SSSR count). The highest BCUT2D eigenvalue weighted by Gasteiger charge is 2.21. The third-order valence-electron chi connectivity index (χ3n) is 4.26. The van der Waals surface area contributed by atoms with E-state index >= 15 is 0 Å². The standard InChI is InChI=1S/C19H26N2O5S/c1-21(2)17(14-6-8-15(24-3)9-7-14)13-20-27(22,23)16-10-11-18(25-4)19(12-16)26-5/h6-12,17,20H,13H2,1-5H3. The SMILES string of the molecule is COc1ccc(C(CNS(=O)(=O)c2ccc(OC)c(OC)c2)N(C)C)cc1. The van der Waals surface area contributed by atoms with Gasteiger partial charge in [0.15, 0.2) is 11.5 Å². The molecule has 0 heterocycles. The Hall–Kier alpha value is -2.29. The zero-order valence-corrected chi connectivity index (χ0v) is 17.0. The second-order valence-electron chi connectivity index (χ2n) is 6.12. The van der Waals surface area contributed by atoms with Gasteiger partial charge in [-0.2, -0.15) is 0 Å². The van der Waals surface area contributed by atoms with Crippen LogP contribution in [0.15, 0.2) is 47.4 Å². The number of ether oxygens (including phenoxy) is 3. The molecule has 0 aliphatic carbocycles. The predicted molar refractivity (Wildman–Crippen MR) is 104 cm³/mol. The van der Waals surface area contributed by atoms with Gasteiger partial charge in [0.05, 0.1) is 26.2 Å². The van der Waals surface area contributed by atoms with Crippen LogP contribution in [0.3, 0.4) is 0 Å². The Morgan fingerprint density at radius 1 is 0.926 bits per heavy atom. The summed E-state index contributed by atoms with van der Waals surface area (Å²) in [4.78, 5) is 2.08. The summed E-state index contributed by atoms with van der Waals surface area (Å²) in [6.45, 7) is 0.218. The lowest BCUT2D eigenvalue weighted by molar-refractivity contribution is 0.299. The normalized spacial score (nSPS) is 12.7. The van der Waals surface area contributed by atoms with Crippen LogP contribution in [0.4, 0.5) is 0 Å². The summed E-state index contributed by atoms with van der Waals surface area (Å²) in [6, 6.07) is 11.9. The quantitative estimate of drug-likeness (QED) is 0.703. The average Bonchev–Trinajstić information content (AvgIpc) is 2.67. The van der Waals surface area contributed by atoms with E-state index in [0.29, 0.717) is 11.5 Å². The van der Waals surface area contributed by atoms with Gasteiger partial charge in [0.25, 0.3) is 0 Å². The maximum Gasteiger partial charge on any atom is 0.240 e. The molecule has 2 aromatic rings. The monoisotopic (exact) mass is 394 g/mol. The largest absolute Gasteiger partial charge is 0.497 e. The molecule has 0 spiro atoms. The van der Waals surface area contributed by atoms with Crippen molar-refractivity contribution in [1.29, 1.82) is 0 Å². The van der Waals surface area contributed by atoms with Crippen LogP contribution in [0, 0.1) is 0 Å². The zero-order chi connectivity index (χ0) is 20.0. The summed E-state index contributed by atoms with van der Waals surface area (Å²) in [5.74, 6) is 1.59. The van der Waals surface area contributed by atoms with Crippen molar-refractivity contribution in [2.75, 3.05) is 42.0 Å². The second kappa shape index (κ2) is 9.07. The molecule has 8 heteroatoms. The van der Waals surface area contributed by atoms with Gasteiger partial charge in [-0.1, -0.05) is 12.1 Å². The van der Waals surface area contributed by atoms with Crippen LogP contribution >= 0.6 is 0 Å². The molecule has 1 atom stereocenters. The molecule has 0 aliphatic heterocycles. The van der Waals surface area contributed by atoms with Crippen molar-refractivity contribution in [1.82, 2.24) is 9.62 Å². The number of hydrogen-bond donors (Lipinski definition) is 1. The Bertz CT molecular complexity index is 851. The molecule has 27 heavy (non-hydrogen) atoms. The van der Waals surface area contributed by atoms with Gasteiger partial charge >= 0.3 is 0 Å². The molecule has 0 fully saturated rings. The highest BCUT2D eigenvalue weighted by molar-refractivity contribution is 7.89. The van der Waals surface area contributed by atoms with Crippen LogP contribution in [0.5, 0.6) is 17.2 Å². The van der Waals surface area contributed by atoms with E-state index in [0.717, 1.165) is 11.3 Å². The minimum atomic E-state index is -3.70. The van der Waals surface area contributed by atoms with Crippen molar-refractivity contribution < 1.29 is 22.6 Å². The molecule has 148 valence electrons. The van der Waals surface area contributed by atoms with Crippen LogP contribution < -0.4 is 18.9 Å². The Balaban J connectivity index is 2.20. The predicted octanol–water partition coefficient (Wildman–Crippen LogP) is 2.29. The Kier molecular flexibility index (Phi) is 7.06. The number of sulfonamides is 1. The Labute approximate surface area is 160 Å². The lowest BCUT2D eigenvalue weighted by Crippen LogP contribution is -2.34. The fourth-order valence-electron chi connectivity index (χ4n) is 2.68. The molecule has 2 aromatic carbocycles. The van der Waals surface area contributed by atoms with Gasteiger partial charge in [0.1, 0.15) is 5.75 Å². The van der Waals surface area contributed by atoms with E-state index in [9.17, 15) is 8.42 Å². The third-order valence-corrected chi connectivity index (χ3v) is 5.68. The highest BCUT2D eigenvalue weighted by Crippen LogP contribution is 2.29. The van der Waals surface area contributed by atoms with Crippen LogP contribution in [0.25, 0.3) is 0 Å². The maximum atomic E-state index is 12.7. The van der Waals surface area contributed by atoms with E-state index in [1.54, 1.807) is 13.2 Å². The molecule has 0 aliphatic rings. The molecule has 0 saturated carbocycles. The highest BCUT2D eigenvalue weighted by atomic mass is 32.2. The van der Waals surface area contributed by atoms with Gasteiger partial charge in [0.2, 0.25) is 10.0 Å². The van der Waals surface area contributed by atoms with Crippen LogP contribution in [0.1, 0.15) is 11.6 Å². The zero-order valence-electron chi connectivity index (χ0n) is 16.2. The molecule has 0 aromatic heterocycles. The van der Waals surface area contributed by atoms with Crippen molar-refractivity contribution >= 4 is 10.0 Å². The lowest BCUT2D eigenvalue weighted by Gasteiger charge is -2.25. The minimum Gasteiger partial charge on any atom is -0.497 e. The summed E-state index contributed by atoms with van der Waals surface area (Å²) < 4.78 is 43.6. The molecule has 0 bridgehead atoms. The topological polar surface area (TPSA) is 77.1 Å². The molecule has 1 unspecified atom stereocenters. The van der Waals surface area contributed by atoms with Gasteiger partial charge < -0.3 is 19.1 Å². The number of likely N-dealkylation sites (N-methyl/N-ethyl adjacent to an activating group) is 1. The lowest BCUT2D eigenvalue weighted by atomic mass is 10.1. The fourth-order valence-corrected chi connectivity index (χ4v) is 3.73. The van der Waals surface area contributed by atoms with E-state index in [4.69, 9.17) is 14.2 Å². The summed E-state index contributed by atoms with van der Waals surface area (Å²) in [7, 11) is 4.67. The van der Waals surface area contributed by atoms with Gasteiger partial charge in [-0.05, 0) is 43.9 Å². The summed E-state index contributed by atoms with van der Waals surface area (Å²) >= 11 is 0.